The third kappa shape index (κ3) is 7.47. The first kappa shape index (κ1) is 29.2. The van der Waals surface area contributed by atoms with Crippen molar-refractivity contribution in [3.05, 3.63) is 52.8 Å². The molecule has 0 aliphatic rings. The number of hydrogen-bond acceptors (Lipinski definition) is 7. The molecule has 2 N–H and O–H groups in total. The van der Waals surface area contributed by atoms with Gasteiger partial charge < -0.3 is 29.2 Å². The zero-order chi connectivity index (χ0) is 27.6. The Kier molecular flexibility index (Phi) is 10.1. The first-order valence-electron chi connectivity index (χ1n) is 11.3. The summed E-state index contributed by atoms with van der Waals surface area (Å²) in [5, 5.41) is 19.8. The number of aromatic nitrogens is 1. The average Bonchev–Trinajstić information content (AvgIpc) is 2.87. The Morgan fingerprint density at radius 2 is 1.51 bits per heavy atom. The van der Waals surface area contributed by atoms with Crippen molar-refractivity contribution in [2.24, 2.45) is 0 Å². The van der Waals surface area contributed by atoms with Crippen molar-refractivity contribution < 1.29 is 38.7 Å². The summed E-state index contributed by atoms with van der Waals surface area (Å²) in [5.41, 5.74) is -1.29. The minimum atomic E-state index is -1.73. The lowest BCUT2D eigenvalue weighted by atomic mass is 9.87. The van der Waals surface area contributed by atoms with Gasteiger partial charge in [-0.05, 0) is 44.0 Å². The molecule has 0 bridgehead atoms. The third-order valence-electron chi connectivity index (χ3n) is 5.84. The van der Waals surface area contributed by atoms with E-state index in [1.54, 1.807) is 26.2 Å². The van der Waals surface area contributed by atoms with Gasteiger partial charge in [-0.1, -0.05) is 24.0 Å². The van der Waals surface area contributed by atoms with Crippen LogP contribution in [0.1, 0.15) is 36.2 Å². The highest BCUT2D eigenvalue weighted by Crippen LogP contribution is 2.34. The van der Waals surface area contributed by atoms with Gasteiger partial charge in [-0.25, -0.2) is 9.59 Å². The summed E-state index contributed by atoms with van der Waals surface area (Å²) in [5.74, 6) is 3.08. The van der Waals surface area contributed by atoms with E-state index in [4.69, 9.17) is 31.8 Å². The largest absolute Gasteiger partial charge is 0.497 e. The fourth-order valence-electron chi connectivity index (χ4n) is 3.57. The summed E-state index contributed by atoms with van der Waals surface area (Å²) < 4.78 is 22.3. The number of terminal acetylenes is 2. The number of carboxylic acid groups (broad SMARTS) is 2. The summed E-state index contributed by atoms with van der Waals surface area (Å²) in [4.78, 5) is 28.7. The van der Waals surface area contributed by atoms with Crippen molar-refractivity contribution in [2.75, 3.05) is 20.3 Å². The van der Waals surface area contributed by atoms with Crippen LogP contribution in [-0.2, 0) is 38.5 Å². The highest BCUT2D eigenvalue weighted by molar-refractivity contribution is 5.79. The van der Waals surface area contributed by atoms with E-state index in [1.165, 1.54) is 20.0 Å². The molecule has 9 nitrogen and oxygen atoms in total. The Hall–Kier alpha value is -4.05. The van der Waals surface area contributed by atoms with Crippen LogP contribution in [0.2, 0.25) is 0 Å². The van der Waals surface area contributed by atoms with Crippen molar-refractivity contribution in [2.45, 2.75) is 51.4 Å². The van der Waals surface area contributed by atoms with Crippen LogP contribution < -0.4 is 9.47 Å². The minimum absolute atomic E-state index is 0.141. The molecule has 2 unspecified atom stereocenters. The topological polar surface area (TPSA) is 124 Å². The average molecular weight is 510 g/mol. The molecule has 1 heterocycles. The molecule has 0 radical (unpaired) electrons. The van der Waals surface area contributed by atoms with Gasteiger partial charge in [0, 0.05) is 24.6 Å². The second-order valence-corrected chi connectivity index (χ2v) is 8.72. The zero-order valence-electron chi connectivity index (χ0n) is 21.4. The molecule has 0 aliphatic carbocycles. The van der Waals surface area contributed by atoms with Crippen LogP contribution in [0.25, 0.3) is 0 Å². The first-order valence-corrected chi connectivity index (χ1v) is 11.3. The number of aliphatic carboxylic acids is 2. The van der Waals surface area contributed by atoms with Crippen LogP contribution in [0, 0.1) is 31.6 Å². The summed E-state index contributed by atoms with van der Waals surface area (Å²) in [6.45, 7) is 4.17. The van der Waals surface area contributed by atoms with Crippen LogP contribution in [0.5, 0.6) is 11.5 Å². The molecule has 0 spiro atoms. The molecule has 2 rings (SSSR count). The van der Waals surface area contributed by atoms with Crippen LogP contribution in [0.4, 0.5) is 0 Å². The molecular weight excluding hydrogens is 478 g/mol. The number of carboxylic acids is 2. The molecule has 0 amide bonds. The van der Waals surface area contributed by atoms with E-state index in [0.29, 0.717) is 28.3 Å². The maximum Gasteiger partial charge on any atom is 0.336 e. The van der Waals surface area contributed by atoms with Crippen LogP contribution >= 0.6 is 0 Å². The third-order valence-corrected chi connectivity index (χ3v) is 5.84. The Bertz CT molecular complexity index is 1190. The summed E-state index contributed by atoms with van der Waals surface area (Å²) in [6, 6.07) is 7.24. The van der Waals surface area contributed by atoms with Crippen molar-refractivity contribution in [1.82, 2.24) is 4.98 Å². The first-order chi connectivity index (χ1) is 17.5. The number of benzene rings is 1. The van der Waals surface area contributed by atoms with Gasteiger partial charge in [0.1, 0.15) is 31.3 Å². The van der Waals surface area contributed by atoms with Crippen LogP contribution in [0.15, 0.2) is 30.5 Å². The number of rotatable bonds is 14. The fraction of sp³-hybridized carbons (Fsp3) is 0.393. The van der Waals surface area contributed by atoms with E-state index in [0.717, 1.165) is 5.56 Å². The lowest BCUT2D eigenvalue weighted by Gasteiger charge is -2.30. The number of methoxy groups -OCH3 is 1. The molecule has 0 aliphatic heterocycles. The summed E-state index contributed by atoms with van der Waals surface area (Å²) in [6.07, 6.45) is 11.7. The van der Waals surface area contributed by atoms with E-state index in [-0.39, 0.29) is 32.7 Å². The molecule has 0 saturated heterocycles. The molecule has 0 saturated carbocycles. The van der Waals surface area contributed by atoms with Crippen LogP contribution in [-0.4, -0.2) is 58.7 Å². The van der Waals surface area contributed by atoms with Gasteiger partial charge in [-0.3, -0.25) is 4.98 Å². The molecule has 37 heavy (non-hydrogen) atoms. The number of carbonyl (C=O) groups is 2. The predicted molar refractivity (Wildman–Crippen MR) is 135 cm³/mol. The number of nitrogens with zero attached hydrogens (tertiary/aromatic N) is 1. The molecule has 9 heteroatoms. The van der Waals surface area contributed by atoms with E-state index in [1.807, 2.05) is 12.1 Å². The maximum atomic E-state index is 12.2. The molecule has 2 aromatic rings. The predicted octanol–water partition coefficient (Wildman–Crippen LogP) is 3.05. The molecule has 1 aromatic heterocycles. The molecule has 0 fully saturated rings. The fourth-order valence-corrected chi connectivity index (χ4v) is 3.57. The summed E-state index contributed by atoms with van der Waals surface area (Å²) in [7, 11) is 1.57. The van der Waals surface area contributed by atoms with Gasteiger partial charge >= 0.3 is 11.9 Å². The smallest absolute Gasteiger partial charge is 0.336 e. The van der Waals surface area contributed by atoms with Crippen LogP contribution in [0.3, 0.4) is 0 Å². The van der Waals surface area contributed by atoms with E-state index >= 15 is 0 Å². The molecule has 2 atom stereocenters. The van der Waals surface area contributed by atoms with Gasteiger partial charge in [0.05, 0.1) is 12.8 Å². The van der Waals surface area contributed by atoms with Gasteiger partial charge in [0.15, 0.2) is 11.2 Å². The number of pyridine rings is 1. The second-order valence-electron chi connectivity index (χ2n) is 8.72. The van der Waals surface area contributed by atoms with Crippen molar-refractivity contribution in [3.8, 4) is 36.2 Å². The minimum Gasteiger partial charge on any atom is -0.497 e. The van der Waals surface area contributed by atoms with Crippen molar-refractivity contribution in [1.29, 1.82) is 0 Å². The van der Waals surface area contributed by atoms with E-state index in [9.17, 15) is 19.8 Å². The Labute approximate surface area is 216 Å². The zero-order valence-corrected chi connectivity index (χ0v) is 21.4. The van der Waals surface area contributed by atoms with Gasteiger partial charge in [0.2, 0.25) is 0 Å². The quantitative estimate of drug-likeness (QED) is 0.370. The van der Waals surface area contributed by atoms with Crippen molar-refractivity contribution in [3.63, 3.8) is 0 Å². The monoisotopic (exact) mass is 509 g/mol. The lowest BCUT2D eigenvalue weighted by Crippen LogP contribution is -2.43. The van der Waals surface area contributed by atoms with Gasteiger partial charge in [-0.15, -0.1) is 12.8 Å². The molecule has 1 aromatic carbocycles. The SMILES string of the molecule is C#CCOC(C)(Cc1cnc(C)c(OCc2ccc(OC)cc2)c1CC(C)(OCC#C)C(=O)O)C(=O)O. The number of ether oxygens (including phenoxy) is 4. The van der Waals surface area contributed by atoms with Gasteiger partial charge in [0.25, 0.3) is 0 Å². The highest BCUT2D eigenvalue weighted by atomic mass is 16.5. The normalized spacial score (nSPS) is 13.9. The Morgan fingerprint density at radius 1 is 0.973 bits per heavy atom. The highest BCUT2D eigenvalue weighted by Gasteiger charge is 2.40. The number of aryl methyl sites for hydroxylation is 1. The molecular formula is C28H31NO8. The lowest BCUT2D eigenvalue weighted by molar-refractivity contribution is -0.163. The summed E-state index contributed by atoms with van der Waals surface area (Å²) >= 11 is 0. The maximum absolute atomic E-state index is 12.2. The van der Waals surface area contributed by atoms with Crippen molar-refractivity contribution >= 4 is 11.9 Å². The second kappa shape index (κ2) is 12.8. The van der Waals surface area contributed by atoms with E-state index in [2.05, 4.69) is 16.8 Å². The van der Waals surface area contributed by atoms with E-state index < -0.39 is 23.1 Å². The Balaban J connectivity index is 2.58. The molecule has 196 valence electrons. The number of hydrogen-bond donors (Lipinski definition) is 2. The Morgan fingerprint density at radius 3 is 2.00 bits per heavy atom. The van der Waals surface area contributed by atoms with Gasteiger partial charge in [-0.2, -0.15) is 0 Å². The standard InChI is InChI=1S/C28H31NO8/c1-7-13-36-27(4,25(30)31)15-21-17-29-19(3)24(35-18-20-9-11-22(34-6)12-10-20)23(21)16-28(5,26(32)33)37-14-8-2/h1-2,9-12,17H,13-16,18H2,3-6H3,(H,30,31)(H,32,33).